The molecule has 0 radical (unpaired) electrons. The molecule has 3 atom stereocenters. The van der Waals surface area contributed by atoms with Gasteiger partial charge in [0.15, 0.2) is 0 Å². The van der Waals surface area contributed by atoms with E-state index in [9.17, 15) is 22.4 Å². The predicted molar refractivity (Wildman–Crippen MR) is 101 cm³/mol. The number of anilines is 1. The molecule has 1 amide bonds. The third kappa shape index (κ3) is 3.42. The van der Waals surface area contributed by atoms with Crippen molar-refractivity contribution in [3.8, 4) is 0 Å². The summed E-state index contributed by atoms with van der Waals surface area (Å²) in [5.41, 5.74) is -0.590. The van der Waals surface area contributed by atoms with Crippen molar-refractivity contribution in [3.05, 3.63) is 51.1 Å². The highest BCUT2D eigenvalue weighted by Crippen LogP contribution is 2.40. The van der Waals surface area contributed by atoms with E-state index in [4.69, 9.17) is 0 Å². The Bertz CT molecular complexity index is 905. The molecule has 0 spiro atoms. The average Bonchev–Trinajstić information content (AvgIpc) is 3.21. The van der Waals surface area contributed by atoms with Gasteiger partial charge in [-0.25, -0.2) is 14.4 Å². The minimum atomic E-state index is -4.49. The number of hydrogen-bond acceptors (Lipinski definition) is 4. The van der Waals surface area contributed by atoms with Crippen molar-refractivity contribution in [2.75, 3.05) is 5.32 Å². The van der Waals surface area contributed by atoms with Gasteiger partial charge in [-0.1, -0.05) is 6.07 Å². The van der Waals surface area contributed by atoms with Crippen LogP contribution in [0.25, 0.3) is 0 Å². The number of hydrogen-bond donors (Lipinski definition) is 1. The number of rotatable bonds is 3. The van der Waals surface area contributed by atoms with Crippen molar-refractivity contribution in [3.63, 3.8) is 0 Å². The molecule has 28 heavy (non-hydrogen) atoms. The summed E-state index contributed by atoms with van der Waals surface area (Å²) in [5, 5.41) is 3.05. The van der Waals surface area contributed by atoms with E-state index in [0.29, 0.717) is 12.0 Å². The van der Waals surface area contributed by atoms with Crippen LogP contribution in [0.2, 0.25) is 0 Å². The van der Waals surface area contributed by atoms with Gasteiger partial charge in [-0.05, 0) is 54.0 Å². The maximum atomic E-state index is 13.8. The molecule has 3 unspecified atom stereocenters. The Labute approximate surface area is 171 Å². The fourth-order valence-corrected chi connectivity index (χ4v) is 4.57. The average molecular weight is 506 g/mol. The molecule has 4 rings (SSSR count). The van der Waals surface area contributed by atoms with Crippen LogP contribution in [0.5, 0.6) is 0 Å². The summed E-state index contributed by atoms with van der Waals surface area (Å²) in [6, 6.07) is 4.13. The Hall–Kier alpha value is -1.98. The molecule has 148 valence electrons. The number of benzene rings is 1. The van der Waals surface area contributed by atoms with Crippen molar-refractivity contribution in [2.24, 2.45) is 0 Å². The van der Waals surface area contributed by atoms with E-state index in [1.54, 1.807) is 11.0 Å². The van der Waals surface area contributed by atoms with Crippen LogP contribution in [0.3, 0.4) is 0 Å². The topological polar surface area (TPSA) is 58.1 Å². The third-order valence-electron chi connectivity index (χ3n) is 5.25. The number of nitrogens with one attached hydrogen (secondary N) is 1. The molecule has 10 heteroatoms. The van der Waals surface area contributed by atoms with Crippen LogP contribution in [-0.2, 0) is 6.18 Å². The molecule has 5 nitrogen and oxygen atoms in total. The zero-order valence-corrected chi connectivity index (χ0v) is 16.5. The van der Waals surface area contributed by atoms with Gasteiger partial charge < -0.3 is 10.2 Å². The molecule has 2 bridgehead atoms. The largest absolute Gasteiger partial charge is 0.419 e. The highest BCUT2D eigenvalue weighted by Gasteiger charge is 2.49. The highest BCUT2D eigenvalue weighted by molar-refractivity contribution is 14.1. The molecule has 1 aromatic heterocycles. The van der Waals surface area contributed by atoms with Crippen molar-refractivity contribution in [1.29, 1.82) is 0 Å². The summed E-state index contributed by atoms with van der Waals surface area (Å²) in [6.45, 7) is 0. The Morgan fingerprint density at radius 3 is 2.61 bits per heavy atom. The van der Waals surface area contributed by atoms with Gasteiger partial charge in [-0.3, -0.25) is 4.79 Å². The van der Waals surface area contributed by atoms with Crippen LogP contribution in [-0.4, -0.2) is 38.9 Å². The fraction of sp³-hybridized carbons (Fsp3) is 0.389. The Morgan fingerprint density at radius 2 is 1.93 bits per heavy atom. The van der Waals surface area contributed by atoms with E-state index in [0.717, 1.165) is 25.2 Å². The summed E-state index contributed by atoms with van der Waals surface area (Å²) in [4.78, 5) is 22.3. The zero-order chi connectivity index (χ0) is 20.1. The smallest absolute Gasteiger partial charge is 0.349 e. The van der Waals surface area contributed by atoms with Crippen LogP contribution >= 0.6 is 22.6 Å². The number of alkyl halides is 3. The first-order valence-corrected chi connectivity index (χ1v) is 9.76. The lowest BCUT2D eigenvalue weighted by Crippen LogP contribution is -2.40. The van der Waals surface area contributed by atoms with E-state index < -0.39 is 17.6 Å². The van der Waals surface area contributed by atoms with Gasteiger partial charge >= 0.3 is 6.18 Å². The van der Waals surface area contributed by atoms with E-state index in [-0.39, 0.29) is 33.6 Å². The zero-order valence-electron chi connectivity index (χ0n) is 14.4. The Kier molecular flexibility index (Phi) is 4.92. The maximum absolute atomic E-state index is 13.8. The molecule has 3 heterocycles. The second-order valence-corrected chi connectivity index (χ2v) is 7.97. The van der Waals surface area contributed by atoms with Gasteiger partial charge in [-0.15, -0.1) is 0 Å². The van der Waals surface area contributed by atoms with Crippen molar-refractivity contribution in [2.45, 2.75) is 43.6 Å². The molecular formula is C18H15F4IN4O. The first-order chi connectivity index (χ1) is 13.3. The van der Waals surface area contributed by atoms with Crippen LogP contribution in [0.1, 0.15) is 35.2 Å². The summed E-state index contributed by atoms with van der Waals surface area (Å²) in [6.07, 6.45) is -0.765. The molecule has 0 saturated carbocycles. The van der Waals surface area contributed by atoms with Crippen LogP contribution in [0, 0.1) is 9.39 Å². The number of nitrogens with zero attached hydrogens (tertiary/aromatic N) is 3. The van der Waals surface area contributed by atoms with E-state index in [1.807, 2.05) is 22.6 Å². The van der Waals surface area contributed by atoms with Crippen molar-refractivity contribution < 1.29 is 22.4 Å². The van der Waals surface area contributed by atoms with Crippen LogP contribution in [0.15, 0.2) is 30.6 Å². The molecule has 2 saturated heterocycles. The van der Waals surface area contributed by atoms with E-state index in [2.05, 4.69) is 15.3 Å². The molecule has 2 fully saturated rings. The maximum Gasteiger partial charge on any atom is 0.419 e. The van der Waals surface area contributed by atoms with Gasteiger partial charge in [0.25, 0.3) is 5.91 Å². The lowest BCUT2D eigenvalue weighted by Gasteiger charge is -2.25. The van der Waals surface area contributed by atoms with Gasteiger partial charge in [0.05, 0.1) is 26.8 Å². The SMILES string of the molecule is O=C(c1cccc(F)c1I)N1C2CCC1C(Nc1ncc(C(F)(F)F)cn1)C2. The summed E-state index contributed by atoms with van der Waals surface area (Å²) in [5.74, 6) is -0.571. The normalized spacial score (nSPS) is 23.9. The Balaban J connectivity index is 1.51. The lowest BCUT2D eigenvalue weighted by atomic mass is 9.96. The lowest BCUT2D eigenvalue weighted by molar-refractivity contribution is -0.138. The Morgan fingerprint density at radius 1 is 1.21 bits per heavy atom. The number of carbonyl (C=O) groups is 1. The molecular weight excluding hydrogens is 491 g/mol. The minimum Gasteiger partial charge on any atom is -0.349 e. The molecule has 1 aromatic carbocycles. The molecule has 0 aliphatic carbocycles. The van der Waals surface area contributed by atoms with Gasteiger partial charge in [0.1, 0.15) is 5.82 Å². The number of halogens is 5. The van der Waals surface area contributed by atoms with Gasteiger partial charge in [0.2, 0.25) is 5.95 Å². The van der Waals surface area contributed by atoms with E-state index >= 15 is 0 Å². The van der Waals surface area contributed by atoms with Crippen molar-refractivity contribution >= 4 is 34.4 Å². The number of fused-ring (bicyclic) bond motifs is 2. The minimum absolute atomic E-state index is 0.00326. The molecule has 1 N–H and O–H groups in total. The summed E-state index contributed by atoms with van der Waals surface area (Å²) < 4.78 is 52.0. The van der Waals surface area contributed by atoms with Crippen LogP contribution < -0.4 is 5.32 Å². The summed E-state index contributed by atoms with van der Waals surface area (Å²) >= 11 is 1.82. The number of aromatic nitrogens is 2. The predicted octanol–water partition coefficient (Wildman–Crippen LogP) is 4.10. The number of carbonyl (C=O) groups excluding carboxylic acids is 1. The first-order valence-electron chi connectivity index (χ1n) is 8.68. The second kappa shape index (κ2) is 7.12. The number of amides is 1. The third-order valence-corrected chi connectivity index (χ3v) is 6.34. The second-order valence-electron chi connectivity index (χ2n) is 6.89. The molecule has 2 aliphatic rings. The highest BCUT2D eigenvalue weighted by atomic mass is 127. The van der Waals surface area contributed by atoms with E-state index in [1.165, 1.54) is 12.1 Å². The summed E-state index contributed by atoms with van der Waals surface area (Å²) in [7, 11) is 0. The first kappa shape index (κ1) is 19.3. The monoisotopic (exact) mass is 506 g/mol. The standard InChI is InChI=1S/C18H15F4IN4O/c19-12-3-1-2-11(15(12)23)16(28)27-10-4-5-14(27)13(6-10)26-17-24-7-9(8-25-17)18(20,21)22/h1-3,7-8,10,13-14H,4-6H2,(H,24,25,26). The molecule has 2 aromatic rings. The van der Waals surface area contributed by atoms with Gasteiger partial charge in [0, 0.05) is 18.4 Å². The molecule has 2 aliphatic heterocycles. The fourth-order valence-electron chi connectivity index (χ4n) is 3.98. The van der Waals surface area contributed by atoms with Gasteiger partial charge in [-0.2, -0.15) is 13.2 Å². The van der Waals surface area contributed by atoms with Crippen molar-refractivity contribution in [1.82, 2.24) is 14.9 Å². The quantitative estimate of drug-likeness (QED) is 0.504. The van der Waals surface area contributed by atoms with Crippen LogP contribution in [0.4, 0.5) is 23.5 Å².